The number of aromatic nitrogens is 2. The number of amides is 1. The number of halogens is 3. The number of carbonyl (C=O) groups excluding carboxylic acids is 1. The molecule has 3 N–H and O–H groups in total. The molecule has 0 bridgehead atoms. The number of anilines is 2. The number of rotatable bonds is 3. The lowest BCUT2D eigenvalue weighted by atomic mass is 10.1. The lowest BCUT2D eigenvalue weighted by Gasteiger charge is -2.28. The molecule has 0 spiro atoms. The molecule has 14 heteroatoms. The number of alkyl halides is 3. The molecule has 32 heavy (non-hydrogen) atoms. The van der Waals surface area contributed by atoms with Gasteiger partial charge in [0.1, 0.15) is 18.3 Å². The van der Waals surface area contributed by atoms with Crippen LogP contribution in [0.4, 0.5) is 29.7 Å². The van der Waals surface area contributed by atoms with Gasteiger partial charge in [0.25, 0.3) is 0 Å². The van der Waals surface area contributed by atoms with Gasteiger partial charge in [0, 0.05) is 38.1 Å². The molecule has 0 unspecified atom stereocenters. The first-order chi connectivity index (χ1) is 15.3. The predicted octanol–water partition coefficient (Wildman–Crippen LogP) is 0.593. The Labute approximate surface area is 181 Å². The average Bonchev–Trinajstić information content (AvgIpc) is 3.11. The van der Waals surface area contributed by atoms with Crippen molar-refractivity contribution < 1.29 is 32.5 Å². The Bertz CT molecular complexity index is 943. The molecule has 0 atom stereocenters. The second-order valence-electron chi connectivity index (χ2n) is 6.61. The number of nitrogens with zero attached hydrogens (tertiary/aromatic N) is 6. The van der Waals surface area contributed by atoms with Crippen molar-refractivity contribution in [3.63, 3.8) is 0 Å². The van der Waals surface area contributed by atoms with Crippen LogP contribution in [-0.4, -0.2) is 92.5 Å². The quantitative estimate of drug-likeness (QED) is 0.673. The van der Waals surface area contributed by atoms with Crippen molar-refractivity contribution in [3.05, 3.63) is 17.5 Å². The van der Waals surface area contributed by atoms with E-state index in [2.05, 4.69) is 20.0 Å². The number of ether oxygens (including phenoxy) is 2. The molecule has 2 saturated heterocycles. The van der Waals surface area contributed by atoms with Crippen LogP contribution in [0.25, 0.3) is 5.57 Å². The number of aliphatic hydroxyl groups excluding tert-OH is 1. The minimum absolute atomic E-state index is 0.0734. The first-order valence-corrected chi connectivity index (χ1v) is 9.58. The van der Waals surface area contributed by atoms with Gasteiger partial charge in [-0.25, -0.2) is 14.8 Å². The smallest absolute Gasteiger partial charge is 0.434 e. The molecular weight excluding hydrogens is 435 g/mol. The Kier molecular flexibility index (Phi) is 7.25. The van der Waals surface area contributed by atoms with Gasteiger partial charge in [-0.2, -0.15) is 18.2 Å². The highest BCUT2D eigenvalue weighted by molar-refractivity contribution is 6.12. The van der Waals surface area contributed by atoms with Crippen molar-refractivity contribution in [2.45, 2.75) is 6.18 Å². The summed E-state index contributed by atoms with van der Waals surface area (Å²) < 4.78 is 51.4. The van der Waals surface area contributed by atoms with Gasteiger partial charge in [-0.15, -0.1) is 0 Å². The minimum atomic E-state index is -4.78. The SMILES string of the molecule is CO.NC1=NC(C(F)(F)F)=C(c2cc(N3CCOC3=O)nc(N3CCOCC3)n2)C=NC1. The summed E-state index contributed by atoms with van der Waals surface area (Å²) in [4.78, 5) is 31.2. The molecule has 1 aromatic rings. The summed E-state index contributed by atoms with van der Waals surface area (Å²) in [6.07, 6.45) is -4.37. The lowest BCUT2D eigenvalue weighted by Crippen LogP contribution is -2.38. The Morgan fingerprint density at radius 1 is 1.12 bits per heavy atom. The topological polar surface area (TPSA) is 139 Å². The Morgan fingerprint density at radius 2 is 1.84 bits per heavy atom. The molecule has 11 nitrogen and oxygen atoms in total. The molecular formula is C18H22F3N7O4. The van der Waals surface area contributed by atoms with Crippen molar-refractivity contribution in [1.82, 2.24) is 9.97 Å². The molecule has 1 aromatic heterocycles. The molecule has 4 rings (SSSR count). The van der Waals surface area contributed by atoms with E-state index in [1.165, 1.54) is 11.0 Å². The highest BCUT2D eigenvalue weighted by Crippen LogP contribution is 2.34. The third kappa shape index (κ3) is 5.13. The predicted molar refractivity (Wildman–Crippen MR) is 110 cm³/mol. The van der Waals surface area contributed by atoms with Crippen molar-refractivity contribution in [1.29, 1.82) is 0 Å². The van der Waals surface area contributed by atoms with Crippen LogP contribution in [0.15, 0.2) is 21.7 Å². The van der Waals surface area contributed by atoms with E-state index >= 15 is 0 Å². The fourth-order valence-electron chi connectivity index (χ4n) is 3.14. The van der Waals surface area contributed by atoms with Gasteiger partial charge < -0.3 is 25.2 Å². The van der Waals surface area contributed by atoms with Gasteiger partial charge in [0.05, 0.1) is 32.0 Å². The molecule has 0 saturated carbocycles. The number of aliphatic imine (C=N–C) groups is 2. The summed E-state index contributed by atoms with van der Waals surface area (Å²) >= 11 is 0. The van der Waals surface area contributed by atoms with E-state index in [4.69, 9.17) is 20.3 Å². The molecule has 1 amide bonds. The van der Waals surface area contributed by atoms with Crippen LogP contribution in [0.2, 0.25) is 0 Å². The van der Waals surface area contributed by atoms with Crippen molar-refractivity contribution in [2.75, 3.05) is 62.9 Å². The molecule has 3 aliphatic rings. The van der Waals surface area contributed by atoms with E-state index in [9.17, 15) is 18.0 Å². The maximum atomic E-state index is 13.7. The number of nitrogens with two attached hydrogens (primary N) is 1. The Hall–Kier alpha value is -3.26. The first kappa shape index (κ1) is 23.4. The van der Waals surface area contributed by atoms with E-state index in [1.807, 2.05) is 0 Å². The van der Waals surface area contributed by atoms with Gasteiger partial charge in [0.15, 0.2) is 5.70 Å². The van der Waals surface area contributed by atoms with E-state index in [0.717, 1.165) is 13.3 Å². The molecule has 0 aromatic carbocycles. The third-order valence-electron chi connectivity index (χ3n) is 4.56. The van der Waals surface area contributed by atoms with Gasteiger partial charge >= 0.3 is 12.3 Å². The zero-order valence-corrected chi connectivity index (χ0v) is 17.2. The zero-order chi connectivity index (χ0) is 23.3. The largest absolute Gasteiger partial charge is 0.447 e. The number of hydrogen-bond donors (Lipinski definition) is 2. The number of amidine groups is 1. The van der Waals surface area contributed by atoms with Gasteiger partial charge in [-0.1, -0.05) is 0 Å². The number of carbonyl (C=O) groups is 1. The van der Waals surface area contributed by atoms with E-state index in [-0.39, 0.29) is 48.6 Å². The number of morpholine rings is 1. The second-order valence-corrected chi connectivity index (χ2v) is 6.61. The van der Waals surface area contributed by atoms with Crippen LogP contribution in [0, 0.1) is 0 Å². The van der Waals surface area contributed by atoms with Crippen LogP contribution in [-0.2, 0) is 9.47 Å². The maximum absolute atomic E-state index is 13.7. The lowest BCUT2D eigenvalue weighted by molar-refractivity contribution is -0.0915. The van der Waals surface area contributed by atoms with Crippen molar-refractivity contribution in [2.24, 2.45) is 15.7 Å². The summed E-state index contributed by atoms with van der Waals surface area (Å²) in [6, 6.07) is 1.29. The summed E-state index contributed by atoms with van der Waals surface area (Å²) in [5.41, 5.74) is 3.90. The molecule has 174 valence electrons. The van der Waals surface area contributed by atoms with Crippen LogP contribution in [0.5, 0.6) is 0 Å². The van der Waals surface area contributed by atoms with E-state index in [1.54, 1.807) is 4.90 Å². The summed E-state index contributed by atoms with van der Waals surface area (Å²) in [7, 11) is 1.00. The highest BCUT2D eigenvalue weighted by Gasteiger charge is 2.38. The fourth-order valence-corrected chi connectivity index (χ4v) is 3.14. The van der Waals surface area contributed by atoms with E-state index < -0.39 is 18.0 Å². The minimum Gasteiger partial charge on any atom is -0.447 e. The second kappa shape index (κ2) is 9.91. The molecule has 0 radical (unpaired) electrons. The maximum Gasteiger partial charge on any atom is 0.434 e. The Morgan fingerprint density at radius 3 is 2.47 bits per heavy atom. The zero-order valence-electron chi connectivity index (χ0n) is 17.2. The molecule has 4 heterocycles. The van der Waals surface area contributed by atoms with Crippen LogP contribution < -0.4 is 15.5 Å². The van der Waals surface area contributed by atoms with Crippen LogP contribution in [0.3, 0.4) is 0 Å². The van der Waals surface area contributed by atoms with Crippen molar-refractivity contribution in [3.8, 4) is 0 Å². The normalized spacial score (nSPS) is 19.3. The molecule has 3 aliphatic heterocycles. The Balaban J connectivity index is 0.00000141. The van der Waals surface area contributed by atoms with Gasteiger partial charge in [-0.3, -0.25) is 9.89 Å². The number of cyclic esters (lactones) is 1. The van der Waals surface area contributed by atoms with Gasteiger partial charge in [0.2, 0.25) is 5.95 Å². The van der Waals surface area contributed by atoms with Gasteiger partial charge in [-0.05, 0) is 0 Å². The third-order valence-corrected chi connectivity index (χ3v) is 4.56. The fraction of sp³-hybridized carbons (Fsp3) is 0.500. The van der Waals surface area contributed by atoms with Crippen molar-refractivity contribution >= 4 is 35.5 Å². The van der Waals surface area contributed by atoms with Crippen LogP contribution >= 0.6 is 0 Å². The summed E-state index contributed by atoms with van der Waals surface area (Å²) in [5, 5.41) is 7.00. The summed E-state index contributed by atoms with van der Waals surface area (Å²) in [6.45, 7) is 1.97. The first-order valence-electron chi connectivity index (χ1n) is 9.58. The highest BCUT2D eigenvalue weighted by atomic mass is 19.4. The van der Waals surface area contributed by atoms with E-state index in [0.29, 0.717) is 26.3 Å². The average molecular weight is 457 g/mol. The molecule has 2 fully saturated rings. The number of allylic oxidation sites excluding steroid dienone is 2. The summed E-state index contributed by atoms with van der Waals surface area (Å²) in [5.74, 6) is 0.0427. The van der Waals surface area contributed by atoms with Crippen LogP contribution in [0.1, 0.15) is 5.69 Å². The molecule has 0 aliphatic carbocycles. The number of hydrogen-bond acceptors (Lipinski definition) is 10. The standard InChI is InChI=1S/C17H18F3N7O3.CH4O/c18-17(19,20)14-10(8-22-9-12(21)24-14)11-7-13(27-3-6-30-16(27)28)25-15(23-11)26-1-4-29-5-2-26;1-2/h7-8H,1-6,9H2,(H2,21,24);2H,1H3. The number of aliphatic hydroxyl groups is 1. The monoisotopic (exact) mass is 457 g/mol.